The molecule has 0 aliphatic carbocycles. The van der Waals surface area contributed by atoms with Gasteiger partial charge in [-0.3, -0.25) is 9.59 Å². The molecule has 0 spiro atoms. The molecule has 2 rings (SSSR count). The third-order valence-corrected chi connectivity index (χ3v) is 3.01. The normalized spacial score (nSPS) is 10.0. The zero-order valence-electron chi connectivity index (χ0n) is 11.5. The van der Waals surface area contributed by atoms with Gasteiger partial charge in [0.25, 0.3) is 5.91 Å². The van der Waals surface area contributed by atoms with Gasteiger partial charge in [0.05, 0.1) is 5.56 Å². The second-order valence-corrected chi connectivity index (χ2v) is 4.86. The molecule has 1 aromatic heterocycles. The number of amides is 1. The number of rotatable bonds is 5. The van der Waals surface area contributed by atoms with E-state index in [0.717, 1.165) is 5.56 Å². The predicted molar refractivity (Wildman–Crippen MR) is 80.6 cm³/mol. The Kier molecular flexibility index (Phi) is 5.32. The number of carbonyl (C=O) groups is 2. The number of aromatic amines is 1. The van der Waals surface area contributed by atoms with Crippen molar-refractivity contribution in [2.75, 3.05) is 6.61 Å². The highest BCUT2D eigenvalue weighted by molar-refractivity contribution is 6.30. The van der Waals surface area contributed by atoms with E-state index in [1.165, 1.54) is 18.3 Å². The summed E-state index contributed by atoms with van der Waals surface area (Å²) in [5.41, 5.74) is 0.729. The fourth-order valence-corrected chi connectivity index (χ4v) is 1.73. The lowest BCUT2D eigenvalue weighted by Crippen LogP contribution is -2.28. The monoisotopic (exact) mass is 320 g/mol. The quantitative estimate of drug-likeness (QED) is 0.817. The lowest BCUT2D eigenvalue weighted by atomic mass is 10.2. The van der Waals surface area contributed by atoms with Crippen LogP contribution < -0.4 is 10.9 Å². The standard InChI is InChI=1S/C15H13ClN2O4/c16-12-4-1-10(2-5-12)7-17-14(20)9-22-15(21)11-3-6-13(19)18-8-11/h1-6,8H,7,9H2,(H,17,20)(H,18,19). The number of hydrogen-bond donors (Lipinski definition) is 2. The van der Waals surface area contributed by atoms with Gasteiger partial charge in [0.2, 0.25) is 5.56 Å². The molecular weight excluding hydrogens is 308 g/mol. The molecule has 0 aliphatic rings. The SMILES string of the molecule is O=C(COC(=O)c1ccc(=O)[nH]c1)NCc1ccc(Cl)cc1. The number of aromatic nitrogens is 1. The number of pyridine rings is 1. The third-order valence-electron chi connectivity index (χ3n) is 2.76. The number of benzene rings is 1. The van der Waals surface area contributed by atoms with E-state index in [0.29, 0.717) is 11.6 Å². The molecule has 0 bridgehead atoms. The van der Waals surface area contributed by atoms with Gasteiger partial charge in [-0.25, -0.2) is 4.79 Å². The molecule has 22 heavy (non-hydrogen) atoms. The van der Waals surface area contributed by atoms with E-state index in [1.54, 1.807) is 24.3 Å². The van der Waals surface area contributed by atoms with Crippen LogP contribution in [0.5, 0.6) is 0 Å². The number of nitrogens with one attached hydrogen (secondary N) is 2. The molecule has 1 aromatic carbocycles. The van der Waals surface area contributed by atoms with Crippen LogP contribution in [0.15, 0.2) is 47.4 Å². The summed E-state index contributed by atoms with van der Waals surface area (Å²) in [7, 11) is 0. The third kappa shape index (κ3) is 4.75. The van der Waals surface area contributed by atoms with Gasteiger partial charge in [0.15, 0.2) is 6.61 Å². The van der Waals surface area contributed by atoms with Gasteiger partial charge in [-0.05, 0) is 23.8 Å². The van der Waals surface area contributed by atoms with Crippen molar-refractivity contribution in [3.05, 3.63) is 69.1 Å². The summed E-state index contributed by atoms with van der Waals surface area (Å²) in [6.45, 7) is -0.0856. The first-order valence-electron chi connectivity index (χ1n) is 6.41. The smallest absolute Gasteiger partial charge is 0.340 e. The second kappa shape index (κ2) is 7.42. The molecular formula is C15H13ClN2O4. The number of halogens is 1. The van der Waals surface area contributed by atoms with Crippen LogP contribution in [0.2, 0.25) is 5.02 Å². The molecule has 114 valence electrons. The maximum atomic E-state index is 11.6. The lowest BCUT2D eigenvalue weighted by molar-refractivity contribution is -0.124. The van der Waals surface area contributed by atoms with Crippen molar-refractivity contribution in [2.24, 2.45) is 0 Å². The molecule has 0 fully saturated rings. The number of hydrogen-bond acceptors (Lipinski definition) is 4. The van der Waals surface area contributed by atoms with Crippen molar-refractivity contribution in [3.8, 4) is 0 Å². The van der Waals surface area contributed by atoms with Crippen LogP contribution in [0.3, 0.4) is 0 Å². The van der Waals surface area contributed by atoms with Crippen molar-refractivity contribution in [3.63, 3.8) is 0 Å². The highest BCUT2D eigenvalue weighted by Gasteiger charge is 2.10. The molecule has 0 unspecified atom stereocenters. The molecule has 0 saturated heterocycles. The van der Waals surface area contributed by atoms with Crippen molar-refractivity contribution < 1.29 is 14.3 Å². The topological polar surface area (TPSA) is 88.3 Å². The first kappa shape index (κ1) is 15.8. The Balaban J connectivity index is 1.77. The average Bonchev–Trinajstić information content (AvgIpc) is 2.52. The number of ether oxygens (including phenoxy) is 1. The zero-order chi connectivity index (χ0) is 15.9. The van der Waals surface area contributed by atoms with Crippen LogP contribution in [0.4, 0.5) is 0 Å². The minimum atomic E-state index is -0.683. The fourth-order valence-electron chi connectivity index (χ4n) is 1.61. The highest BCUT2D eigenvalue weighted by Crippen LogP contribution is 2.09. The van der Waals surface area contributed by atoms with Gasteiger partial charge in [-0.15, -0.1) is 0 Å². The summed E-state index contributed by atoms with van der Waals surface area (Å²) < 4.78 is 4.84. The van der Waals surface area contributed by atoms with E-state index in [4.69, 9.17) is 16.3 Å². The molecule has 0 radical (unpaired) electrons. The largest absolute Gasteiger partial charge is 0.452 e. The molecule has 2 aromatic rings. The predicted octanol–water partition coefficient (Wildman–Crippen LogP) is 1.50. The average molecular weight is 321 g/mol. The Hall–Kier alpha value is -2.60. The van der Waals surface area contributed by atoms with Crippen molar-refractivity contribution in [1.82, 2.24) is 10.3 Å². The van der Waals surface area contributed by atoms with Gasteiger partial charge < -0.3 is 15.0 Å². The number of carbonyl (C=O) groups excluding carboxylic acids is 2. The molecule has 6 nitrogen and oxygen atoms in total. The van der Waals surface area contributed by atoms with Gasteiger partial charge in [0, 0.05) is 23.8 Å². The molecule has 0 atom stereocenters. The number of H-pyrrole nitrogens is 1. The van der Waals surface area contributed by atoms with Crippen LogP contribution in [0.1, 0.15) is 15.9 Å². The molecule has 2 N–H and O–H groups in total. The van der Waals surface area contributed by atoms with Gasteiger partial charge >= 0.3 is 5.97 Å². The Morgan fingerprint density at radius 1 is 1.14 bits per heavy atom. The van der Waals surface area contributed by atoms with Crippen LogP contribution in [0, 0.1) is 0 Å². The van der Waals surface area contributed by atoms with Crippen LogP contribution in [-0.2, 0) is 16.1 Å². The molecule has 1 amide bonds. The summed E-state index contributed by atoms with van der Waals surface area (Å²) in [6, 6.07) is 9.55. The zero-order valence-corrected chi connectivity index (χ0v) is 12.2. The van der Waals surface area contributed by atoms with Crippen LogP contribution in [-0.4, -0.2) is 23.5 Å². The first-order valence-corrected chi connectivity index (χ1v) is 6.79. The molecule has 7 heteroatoms. The Morgan fingerprint density at radius 2 is 1.86 bits per heavy atom. The molecule has 1 heterocycles. The van der Waals surface area contributed by atoms with Crippen molar-refractivity contribution in [2.45, 2.75) is 6.54 Å². The number of esters is 1. The maximum Gasteiger partial charge on any atom is 0.340 e. The van der Waals surface area contributed by atoms with E-state index in [9.17, 15) is 14.4 Å². The van der Waals surface area contributed by atoms with Crippen LogP contribution >= 0.6 is 11.6 Å². The summed E-state index contributed by atoms with van der Waals surface area (Å²) in [5, 5.41) is 3.23. The first-order chi connectivity index (χ1) is 10.5. The minimum Gasteiger partial charge on any atom is -0.452 e. The Labute approximate surface area is 131 Å². The van der Waals surface area contributed by atoms with E-state index in [1.807, 2.05) is 0 Å². The minimum absolute atomic E-state index is 0.171. The van der Waals surface area contributed by atoms with Gasteiger partial charge in [0.1, 0.15) is 0 Å². The summed E-state index contributed by atoms with van der Waals surface area (Å²) in [4.78, 5) is 36.5. The Morgan fingerprint density at radius 3 is 2.50 bits per heavy atom. The van der Waals surface area contributed by atoms with Gasteiger partial charge in [-0.2, -0.15) is 0 Å². The van der Waals surface area contributed by atoms with Crippen LogP contribution in [0.25, 0.3) is 0 Å². The van der Waals surface area contributed by atoms with E-state index >= 15 is 0 Å². The Bertz CT molecular complexity index is 705. The van der Waals surface area contributed by atoms with Crippen molar-refractivity contribution in [1.29, 1.82) is 0 Å². The summed E-state index contributed by atoms with van der Waals surface area (Å²) in [5.74, 6) is -1.11. The van der Waals surface area contributed by atoms with E-state index in [2.05, 4.69) is 10.3 Å². The van der Waals surface area contributed by atoms with E-state index in [-0.39, 0.29) is 11.1 Å². The second-order valence-electron chi connectivity index (χ2n) is 4.42. The van der Waals surface area contributed by atoms with Gasteiger partial charge in [-0.1, -0.05) is 23.7 Å². The fraction of sp³-hybridized carbons (Fsp3) is 0.133. The lowest BCUT2D eigenvalue weighted by Gasteiger charge is -2.06. The summed E-state index contributed by atoms with van der Waals surface area (Å²) >= 11 is 5.76. The van der Waals surface area contributed by atoms with Crippen molar-refractivity contribution >= 4 is 23.5 Å². The highest BCUT2D eigenvalue weighted by atomic mass is 35.5. The maximum absolute atomic E-state index is 11.6. The van der Waals surface area contributed by atoms with E-state index < -0.39 is 18.5 Å². The molecule has 0 aliphatic heterocycles. The molecule has 0 saturated carbocycles. The summed E-state index contributed by atoms with van der Waals surface area (Å²) in [6.07, 6.45) is 1.23.